The molecule has 1 saturated heterocycles. The summed E-state index contributed by atoms with van der Waals surface area (Å²) >= 11 is 6.54. The smallest absolute Gasteiger partial charge is 0.326 e. The summed E-state index contributed by atoms with van der Waals surface area (Å²) in [5, 5.41) is 0. The van der Waals surface area contributed by atoms with Gasteiger partial charge in [0, 0.05) is 0 Å². The maximum absolute atomic E-state index is 12.7. The van der Waals surface area contributed by atoms with E-state index in [4.69, 9.17) is 17.0 Å². The minimum atomic E-state index is -0.374. The number of hydrogen-bond acceptors (Lipinski definition) is 5. The summed E-state index contributed by atoms with van der Waals surface area (Å²) in [6.45, 7) is 4.18. The van der Waals surface area contributed by atoms with Crippen LogP contribution < -0.4 is 0 Å². The number of carbonyl (C=O) groups excluding carboxylic acids is 2. The number of carbonyl (C=O) groups is 2. The van der Waals surface area contributed by atoms with Crippen molar-refractivity contribution in [1.29, 1.82) is 0 Å². The predicted octanol–water partition coefficient (Wildman–Crippen LogP) is 4.89. The number of esters is 1. The fourth-order valence-electron chi connectivity index (χ4n) is 3.30. The molecule has 27 heavy (non-hydrogen) atoms. The summed E-state index contributed by atoms with van der Waals surface area (Å²) in [6.07, 6.45) is 7.03. The molecule has 1 aliphatic carbocycles. The van der Waals surface area contributed by atoms with Gasteiger partial charge in [0.05, 0.1) is 4.91 Å². The van der Waals surface area contributed by atoms with Crippen LogP contribution in [0.1, 0.15) is 63.0 Å². The Kier molecular flexibility index (Phi) is 6.71. The zero-order chi connectivity index (χ0) is 19.4. The van der Waals surface area contributed by atoms with Gasteiger partial charge in [-0.25, -0.2) is 0 Å². The minimum Gasteiger partial charge on any atom is -0.461 e. The van der Waals surface area contributed by atoms with Crippen molar-refractivity contribution in [3.8, 4) is 0 Å². The number of ether oxygens (including phenoxy) is 1. The maximum Gasteiger partial charge on any atom is 0.326 e. The number of nitrogens with zero attached hydrogens (tertiary/aromatic N) is 1. The molecular formula is C21H25NO3S2. The topological polar surface area (TPSA) is 46.6 Å². The molecule has 2 fully saturated rings. The molecule has 1 aromatic carbocycles. The fourth-order valence-corrected chi connectivity index (χ4v) is 4.56. The molecule has 1 aromatic rings. The molecule has 1 heterocycles. The van der Waals surface area contributed by atoms with Crippen molar-refractivity contribution in [3.63, 3.8) is 0 Å². The Bertz CT molecular complexity index is 749. The van der Waals surface area contributed by atoms with Gasteiger partial charge in [-0.05, 0) is 48.8 Å². The molecule has 0 spiro atoms. The molecule has 0 aromatic heterocycles. The number of thiocarbonyl (C=S) groups is 1. The molecule has 6 heteroatoms. The molecule has 1 aliphatic heterocycles. The van der Waals surface area contributed by atoms with E-state index in [1.165, 1.54) is 28.6 Å². The standard InChI is InChI=1S/C21H25NO3S2/c1-14(2)16-10-8-15(9-11-16)12-18-20(24)22(21(26)27-18)13-19(23)25-17-6-4-3-5-7-17/h8-12,14,17H,3-7,13H2,1-2H3/b18-12-. The Balaban J connectivity index is 1.62. The molecule has 2 aliphatic rings. The second-order valence-electron chi connectivity index (χ2n) is 7.34. The highest BCUT2D eigenvalue weighted by Crippen LogP contribution is 2.33. The third-order valence-corrected chi connectivity index (χ3v) is 6.29. The summed E-state index contributed by atoms with van der Waals surface area (Å²) in [5.41, 5.74) is 2.20. The van der Waals surface area contributed by atoms with Crippen molar-refractivity contribution < 1.29 is 14.3 Å². The van der Waals surface area contributed by atoms with Gasteiger partial charge in [-0.2, -0.15) is 0 Å². The predicted molar refractivity (Wildman–Crippen MR) is 113 cm³/mol. The van der Waals surface area contributed by atoms with E-state index in [0.29, 0.717) is 15.1 Å². The van der Waals surface area contributed by atoms with Gasteiger partial charge in [-0.3, -0.25) is 14.5 Å². The van der Waals surface area contributed by atoms with Gasteiger partial charge in [0.1, 0.15) is 17.0 Å². The van der Waals surface area contributed by atoms with E-state index >= 15 is 0 Å². The maximum atomic E-state index is 12.7. The SMILES string of the molecule is CC(C)c1ccc(/C=C2\SC(=S)N(CC(=O)OC3CCCCC3)C2=O)cc1. The van der Waals surface area contributed by atoms with E-state index in [1.807, 2.05) is 18.2 Å². The molecular weight excluding hydrogens is 378 g/mol. The van der Waals surface area contributed by atoms with Crippen molar-refractivity contribution in [1.82, 2.24) is 4.90 Å². The summed E-state index contributed by atoms with van der Waals surface area (Å²) in [5.74, 6) is -0.133. The average molecular weight is 404 g/mol. The second kappa shape index (κ2) is 9.02. The van der Waals surface area contributed by atoms with Gasteiger partial charge in [-0.15, -0.1) is 0 Å². The van der Waals surface area contributed by atoms with Gasteiger partial charge in [0.2, 0.25) is 0 Å². The number of amides is 1. The first-order chi connectivity index (χ1) is 12.9. The van der Waals surface area contributed by atoms with Crippen LogP contribution in [0.25, 0.3) is 6.08 Å². The van der Waals surface area contributed by atoms with Crippen LogP contribution in [0, 0.1) is 0 Å². The molecule has 1 amide bonds. The molecule has 0 bridgehead atoms. The van der Waals surface area contributed by atoms with Crippen molar-refractivity contribution in [2.45, 2.75) is 58.0 Å². The molecule has 4 nitrogen and oxygen atoms in total. The van der Waals surface area contributed by atoms with Gasteiger partial charge < -0.3 is 4.74 Å². The van der Waals surface area contributed by atoms with Crippen LogP contribution >= 0.6 is 24.0 Å². The zero-order valence-corrected chi connectivity index (χ0v) is 17.4. The quantitative estimate of drug-likeness (QED) is 0.398. The normalized spacial score (nSPS) is 20.0. The summed E-state index contributed by atoms with van der Waals surface area (Å²) in [7, 11) is 0. The van der Waals surface area contributed by atoms with Crippen LogP contribution in [0.3, 0.4) is 0 Å². The van der Waals surface area contributed by atoms with Crippen molar-refractivity contribution in [2.75, 3.05) is 6.54 Å². The second-order valence-corrected chi connectivity index (χ2v) is 9.01. The number of benzene rings is 1. The lowest BCUT2D eigenvalue weighted by Crippen LogP contribution is -2.36. The Morgan fingerprint density at radius 1 is 1.26 bits per heavy atom. The minimum absolute atomic E-state index is 0.0142. The Labute approximate surface area is 170 Å². The summed E-state index contributed by atoms with van der Waals surface area (Å²) in [6, 6.07) is 8.13. The largest absolute Gasteiger partial charge is 0.461 e. The van der Waals surface area contributed by atoms with Crippen LogP contribution in [0.15, 0.2) is 29.2 Å². The number of hydrogen-bond donors (Lipinski definition) is 0. The molecule has 0 atom stereocenters. The van der Waals surface area contributed by atoms with E-state index in [2.05, 4.69) is 26.0 Å². The van der Waals surface area contributed by atoms with E-state index < -0.39 is 0 Å². The molecule has 1 saturated carbocycles. The van der Waals surface area contributed by atoms with E-state index in [9.17, 15) is 9.59 Å². The molecule has 0 N–H and O–H groups in total. The van der Waals surface area contributed by atoms with E-state index in [0.717, 1.165) is 31.2 Å². The monoisotopic (exact) mass is 403 g/mol. The van der Waals surface area contributed by atoms with Crippen LogP contribution in [0.2, 0.25) is 0 Å². The first-order valence-corrected chi connectivity index (χ1v) is 10.7. The molecule has 144 valence electrons. The molecule has 0 radical (unpaired) electrons. The summed E-state index contributed by atoms with van der Waals surface area (Å²) < 4.78 is 5.93. The highest BCUT2D eigenvalue weighted by Gasteiger charge is 2.34. The van der Waals surface area contributed by atoms with Crippen molar-refractivity contribution >= 4 is 46.3 Å². The van der Waals surface area contributed by atoms with Gasteiger partial charge in [0.25, 0.3) is 5.91 Å². The first-order valence-electron chi connectivity index (χ1n) is 9.49. The fraction of sp³-hybridized carbons (Fsp3) is 0.476. The van der Waals surface area contributed by atoms with Crippen molar-refractivity contribution in [3.05, 3.63) is 40.3 Å². The lowest BCUT2D eigenvalue weighted by molar-refractivity contribution is -0.152. The summed E-state index contributed by atoms with van der Waals surface area (Å²) in [4.78, 5) is 26.8. The third-order valence-electron chi connectivity index (χ3n) is 4.91. The Hall–Kier alpha value is -1.66. The highest BCUT2D eigenvalue weighted by molar-refractivity contribution is 8.26. The van der Waals surface area contributed by atoms with Crippen LogP contribution in [0.5, 0.6) is 0 Å². The highest BCUT2D eigenvalue weighted by atomic mass is 32.2. The number of thioether (sulfide) groups is 1. The van der Waals surface area contributed by atoms with E-state index in [-0.39, 0.29) is 24.5 Å². The van der Waals surface area contributed by atoms with Crippen LogP contribution in [-0.4, -0.2) is 33.7 Å². The van der Waals surface area contributed by atoms with Gasteiger partial charge in [0.15, 0.2) is 0 Å². The van der Waals surface area contributed by atoms with Crippen LogP contribution in [-0.2, 0) is 14.3 Å². The van der Waals surface area contributed by atoms with Gasteiger partial charge >= 0.3 is 5.97 Å². The number of rotatable bonds is 5. The molecule has 3 rings (SSSR count). The van der Waals surface area contributed by atoms with Gasteiger partial charge in [-0.1, -0.05) is 68.5 Å². The van der Waals surface area contributed by atoms with Crippen LogP contribution in [0.4, 0.5) is 0 Å². The lowest BCUT2D eigenvalue weighted by atomic mass is 9.98. The lowest BCUT2D eigenvalue weighted by Gasteiger charge is -2.23. The third kappa shape index (κ3) is 5.20. The Morgan fingerprint density at radius 3 is 2.56 bits per heavy atom. The zero-order valence-electron chi connectivity index (χ0n) is 15.8. The van der Waals surface area contributed by atoms with E-state index in [1.54, 1.807) is 0 Å². The molecule has 0 unspecified atom stereocenters. The van der Waals surface area contributed by atoms with Crippen molar-refractivity contribution in [2.24, 2.45) is 0 Å². The Morgan fingerprint density at radius 2 is 1.93 bits per heavy atom. The first kappa shape index (κ1) is 20.1. The average Bonchev–Trinajstić information content (AvgIpc) is 2.90.